The van der Waals surface area contributed by atoms with Crippen LogP contribution in [0.2, 0.25) is 0 Å². The van der Waals surface area contributed by atoms with Crippen molar-refractivity contribution in [2.75, 3.05) is 39.0 Å². The van der Waals surface area contributed by atoms with E-state index in [-0.39, 0.29) is 8.41 Å². The highest BCUT2D eigenvalue weighted by molar-refractivity contribution is 7.56. The fraction of sp³-hybridized carbons (Fsp3) is 1.00. The lowest BCUT2D eigenvalue weighted by Crippen LogP contribution is -1.86. The molecule has 3 radical (unpaired) electrons. The zero-order valence-corrected chi connectivity index (χ0v) is 10.8. The Morgan fingerprint density at radius 1 is 0.667 bits per heavy atom. The van der Waals surface area contributed by atoms with Gasteiger partial charge in [-0.3, -0.25) is 0 Å². The summed E-state index contributed by atoms with van der Waals surface area (Å²) >= 11 is 0. The first-order valence-corrected chi connectivity index (χ1v) is 9.26. The lowest BCUT2D eigenvalue weighted by atomic mass is 10.3. The minimum Gasteiger partial charge on any atom is -0.113 e. The van der Waals surface area contributed by atoms with E-state index in [1.54, 1.807) is 0 Å². The number of rotatable bonds is 6. The third kappa shape index (κ3) is 13.5. The molecule has 0 rings (SSSR count). The van der Waals surface area contributed by atoms with Crippen LogP contribution in [0.3, 0.4) is 0 Å². The van der Waals surface area contributed by atoms with Crippen LogP contribution in [0.4, 0.5) is 0 Å². The molecular formula is C9H22BP2. The maximum Gasteiger partial charge on any atom is 0 e. The average molecular weight is 203 g/mol. The van der Waals surface area contributed by atoms with E-state index in [2.05, 4.69) is 26.7 Å². The van der Waals surface area contributed by atoms with Gasteiger partial charge in [-0.15, -0.1) is 15.8 Å². The summed E-state index contributed by atoms with van der Waals surface area (Å²) in [6.45, 7) is 9.51. The van der Waals surface area contributed by atoms with Gasteiger partial charge in [-0.1, -0.05) is 6.42 Å². The summed E-state index contributed by atoms with van der Waals surface area (Å²) in [5.74, 6) is 0. The number of unbranched alkanes of at least 4 members (excludes halogenated alkanes) is 2. The van der Waals surface area contributed by atoms with Gasteiger partial charge in [0.1, 0.15) is 0 Å². The van der Waals surface area contributed by atoms with Crippen LogP contribution >= 0.6 is 15.8 Å². The van der Waals surface area contributed by atoms with Gasteiger partial charge in [0.2, 0.25) is 0 Å². The first-order valence-electron chi connectivity index (χ1n) is 4.42. The van der Waals surface area contributed by atoms with Crippen molar-refractivity contribution >= 4 is 24.3 Å². The minimum absolute atomic E-state index is 0. The Kier molecular flexibility index (Phi) is 12.8. The van der Waals surface area contributed by atoms with Crippen molar-refractivity contribution in [3.8, 4) is 0 Å². The summed E-state index contributed by atoms with van der Waals surface area (Å²) in [4.78, 5) is 0. The summed E-state index contributed by atoms with van der Waals surface area (Å²) in [5.41, 5.74) is 0. The van der Waals surface area contributed by atoms with Gasteiger partial charge in [0.05, 0.1) is 0 Å². The maximum absolute atomic E-state index is 2.38. The smallest absolute Gasteiger partial charge is 0 e. The first-order chi connectivity index (χ1) is 5.13. The molecule has 0 aromatic rings. The molecule has 0 nitrogen and oxygen atoms in total. The van der Waals surface area contributed by atoms with Gasteiger partial charge in [-0.25, -0.2) is 0 Å². The van der Waals surface area contributed by atoms with Crippen LogP contribution in [0.1, 0.15) is 19.3 Å². The largest absolute Gasteiger partial charge is 0.113 e. The normalized spacial score (nSPS) is 10.5. The molecule has 3 heteroatoms. The fourth-order valence-electron chi connectivity index (χ4n) is 1.03. The molecule has 0 aliphatic carbocycles. The van der Waals surface area contributed by atoms with Gasteiger partial charge >= 0.3 is 0 Å². The summed E-state index contributed by atoms with van der Waals surface area (Å²) in [6, 6.07) is 0. The van der Waals surface area contributed by atoms with Crippen LogP contribution in [-0.2, 0) is 0 Å². The molecule has 0 atom stereocenters. The van der Waals surface area contributed by atoms with Gasteiger partial charge in [0.15, 0.2) is 0 Å². The quantitative estimate of drug-likeness (QED) is 0.353. The molecule has 0 amide bonds. The van der Waals surface area contributed by atoms with Gasteiger partial charge < -0.3 is 0 Å². The van der Waals surface area contributed by atoms with Gasteiger partial charge in [-0.2, -0.15) is 0 Å². The van der Waals surface area contributed by atoms with Crippen LogP contribution < -0.4 is 0 Å². The van der Waals surface area contributed by atoms with E-state index in [0.29, 0.717) is 15.8 Å². The Bertz CT molecular complexity index is 74.6. The lowest BCUT2D eigenvalue weighted by Gasteiger charge is -2.06. The maximum atomic E-state index is 2.38. The van der Waals surface area contributed by atoms with E-state index >= 15 is 0 Å². The predicted molar refractivity (Wildman–Crippen MR) is 66.9 cm³/mol. The summed E-state index contributed by atoms with van der Waals surface area (Å²) < 4.78 is 0. The lowest BCUT2D eigenvalue weighted by molar-refractivity contribution is 0.781. The van der Waals surface area contributed by atoms with Crippen molar-refractivity contribution in [2.24, 2.45) is 0 Å². The zero-order chi connectivity index (χ0) is 8.69. The molecule has 0 aromatic heterocycles. The third-order valence-electron chi connectivity index (χ3n) is 1.71. The Morgan fingerprint density at radius 2 is 1.00 bits per heavy atom. The molecule has 0 saturated heterocycles. The van der Waals surface area contributed by atoms with Gasteiger partial charge in [-0.05, 0) is 51.8 Å². The fourth-order valence-corrected chi connectivity index (χ4v) is 2.74. The van der Waals surface area contributed by atoms with E-state index in [0.717, 1.165) is 0 Å². The molecule has 0 N–H and O–H groups in total. The zero-order valence-electron chi connectivity index (χ0n) is 9.01. The van der Waals surface area contributed by atoms with Crippen molar-refractivity contribution in [3.63, 3.8) is 0 Å². The highest BCUT2D eigenvalue weighted by atomic mass is 31.1. The second kappa shape index (κ2) is 10.0. The van der Waals surface area contributed by atoms with Crippen molar-refractivity contribution < 1.29 is 0 Å². The van der Waals surface area contributed by atoms with Crippen LogP contribution in [0, 0.1) is 0 Å². The average Bonchev–Trinajstić information content (AvgIpc) is 1.85. The topological polar surface area (TPSA) is 0 Å². The Hall–Kier alpha value is 0.925. The van der Waals surface area contributed by atoms with E-state index in [1.807, 2.05) is 0 Å². The highest BCUT2D eigenvalue weighted by Gasteiger charge is 1.95. The van der Waals surface area contributed by atoms with Crippen molar-refractivity contribution in [1.82, 2.24) is 0 Å². The van der Waals surface area contributed by atoms with Crippen molar-refractivity contribution in [2.45, 2.75) is 19.3 Å². The van der Waals surface area contributed by atoms with E-state index in [1.165, 1.54) is 31.6 Å². The minimum atomic E-state index is 0. The van der Waals surface area contributed by atoms with Crippen LogP contribution in [-0.4, -0.2) is 47.4 Å². The van der Waals surface area contributed by atoms with Crippen LogP contribution in [0.5, 0.6) is 0 Å². The third-order valence-corrected chi connectivity index (χ3v) is 4.13. The Balaban J connectivity index is 0. The molecule has 12 heavy (non-hydrogen) atoms. The molecule has 0 unspecified atom stereocenters. The molecule has 0 aromatic carbocycles. The molecule has 0 bridgehead atoms. The predicted octanol–water partition coefficient (Wildman–Crippen LogP) is 3.26. The summed E-state index contributed by atoms with van der Waals surface area (Å²) in [6.07, 6.45) is 7.39. The van der Waals surface area contributed by atoms with Crippen LogP contribution in [0.25, 0.3) is 0 Å². The molecule has 0 aliphatic rings. The monoisotopic (exact) mass is 203 g/mol. The summed E-state index contributed by atoms with van der Waals surface area (Å²) in [7, 11) is 0.746. The SMILES string of the molecule is CP(C)CCCCCP(C)C.[B]. The number of hydrogen-bond donors (Lipinski definition) is 0. The molecule has 0 spiro atoms. The second-order valence-electron chi connectivity index (χ2n) is 3.67. The molecule has 71 valence electrons. The van der Waals surface area contributed by atoms with Crippen molar-refractivity contribution in [3.05, 3.63) is 0 Å². The van der Waals surface area contributed by atoms with Crippen LogP contribution in [0.15, 0.2) is 0 Å². The molecular weight excluding hydrogens is 181 g/mol. The van der Waals surface area contributed by atoms with Gasteiger partial charge in [0.25, 0.3) is 0 Å². The standard InChI is InChI=1S/C9H22P2.B/c1-10(2)8-6-5-7-9-11(3)4;/h5-9H2,1-4H3;. The summed E-state index contributed by atoms with van der Waals surface area (Å²) in [5, 5.41) is 0. The van der Waals surface area contributed by atoms with E-state index in [9.17, 15) is 0 Å². The molecule has 0 saturated carbocycles. The highest BCUT2D eigenvalue weighted by Crippen LogP contribution is 2.28. The Morgan fingerprint density at radius 3 is 1.25 bits per heavy atom. The molecule has 0 aliphatic heterocycles. The first kappa shape index (κ1) is 15.4. The van der Waals surface area contributed by atoms with E-state index < -0.39 is 0 Å². The van der Waals surface area contributed by atoms with Crippen molar-refractivity contribution in [1.29, 1.82) is 0 Å². The van der Waals surface area contributed by atoms with Gasteiger partial charge in [0, 0.05) is 8.41 Å². The molecule has 0 fully saturated rings. The van der Waals surface area contributed by atoms with E-state index in [4.69, 9.17) is 0 Å². The second-order valence-corrected chi connectivity index (χ2v) is 8.88. The number of hydrogen-bond acceptors (Lipinski definition) is 0. The molecule has 0 heterocycles. The Labute approximate surface area is 83.0 Å².